The summed E-state index contributed by atoms with van der Waals surface area (Å²) in [6, 6.07) is 7.53. The summed E-state index contributed by atoms with van der Waals surface area (Å²) in [4.78, 5) is 28.4. The van der Waals surface area contributed by atoms with E-state index >= 15 is 4.39 Å². The standard InChI is InChI=1S/C30H33F5IN3O3/c31-23-16-21(28(41)39-12-1-3-25(39)27(40)37-36)4-6-22(23)20-5-7-26(24(32)15-20)42-17-19-8-13-38(14-9-19)18-29(10-2-11-29)30(33,34)35/h4-7,15-16,19,25H,1-3,8-14,17-18H2,(H,37,40)/t25-/m0/s1. The first kappa shape index (κ1) is 31.0. The number of hydrogen-bond acceptors (Lipinski definition) is 4. The molecule has 0 spiro atoms. The van der Waals surface area contributed by atoms with Crippen LogP contribution in [0.3, 0.4) is 0 Å². The van der Waals surface area contributed by atoms with Crippen molar-refractivity contribution in [2.75, 3.05) is 32.8 Å². The molecule has 2 aromatic rings. The maximum atomic E-state index is 15.1. The summed E-state index contributed by atoms with van der Waals surface area (Å²) in [6.45, 7) is 1.79. The van der Waals surface area contributed by atoms with Crippen LogP contribution in [0.2, 0.25) is 0 Å². The molecule has 2 aromatic carbocycles. The Morgan fingerprint density at radius 3 is 2.31 bits per heavy atom. The molecule has 2 saturated heterocycles. The molecule has 0 radical (unpaired) electrons. The minimum Gasteiger partial charge on any atom is -0.490 e. The van der Waals surface area contributed by atoms with Gasteiger partial charge in [-0.25, -0.2) is 8.78 Å². The Labute approximate surface area is 255 Å². The first-order valence-electron chi connectivity index (χ1n) is 14.2. The third-order valence-corrected chi connectivity index (χ3v) is 9.52. The van der Waals surface area contributed by atoms with Gasteiger partial charge in [-0.3, -0.25) is 13.1 Å². The number of carbonyl (C=O) groups excluding carboxylic acids is 2. The van der Waals surface area contributed by atoms with Crippen LogP contribution in [0.25, 0.3) is 11.1 Å². The summed E-state index contributed by atoms with van der Waals surface area (Å²) < 4.78 is 78.8. The zero-order valence-electron chi connectivity index (χ0n) is 23.0. The van der Waals surface area contributed by atoms with Gasteiger partial charge < -0.3 is 14.5 Å². The van der Waals surface area contributed by atoms with Crippen LogP contribution >= 0.6 is 22.9 Å². The maximum Gasteiger partial charge on any atom is 0.395 e. The number of piperidine rings is 1. The molecule has 42 heavy (non-hydrogen) atoms. The van der Waals surface area contributed by atoms with E-state index in [1.54, 1.807) is 22.9 Å². The summed E-state index contributed by atoms with van der Waals surface area (Å²) in [5, 5.41) is 0. The molecule has 5 rings (SSSR count). The average molecular weight is 706 g/mol. The zero-order chi connectivity index (χ0) is 30.1. The van der Waals surface area contributed by atoms with Crippen molar-refractivity contribution >= 4 is 34.7 Å². The Balaban J connectivity index is 1.16. The van der Waals surface area contributed by atoms with Gasteiger partial charge in [-0.1, -0.05) is 18.6 Å². The molecule has 3 fully saturated rings. The molecule has 3 aliphatic rings. The van der Waals surface area contributed by atoms with E-state index in [4.69, 9.17) is 4.74 Å². The molecule has 2 amide bonds. The summed E-state index contributed by atoms with van der Waals surface area (Å²) in [6.07, 6.45) is -0.617. The second-order valence-corrected chi connectivity index (χ2v) is 12.2. The Bertz CT molecular complexity index is 1310. The molecular formula is C30H33F5IN3O3. The maximum absolute atomic E-state index is 15.1. The van der Waals surface area contributed by atoms with Crippen LogP contribution in [0, 0.1) is 23.0 Å². The summed E-state index contributed by atoms with van der Waals surface area (Å²) in [5.74, 6) is -1.94. The highest BCUT2D eigenvalue weighted by Gasteiger charge is 2.58. The van der Waals surface area contributed by atoms with Crippen molar-refractivity contribution in [1.82, 2.24) is 13.3 Å². The summed E-state index contributed by atoms with van der Waals surface area (Å²) in [5.41, 5.74) is -1.06. The van der Waals surface area contributed by atoms with E-state index in [1.165, 1.54) is 35.2 Å². The van der Waals surface area contributed by atoms with E-state index in [-0.39, 0.29) is 60.3 Å². The fourth-order valence-corrected chi connectivity index (χ4v) is 6.62. The Morgan fingerprint density at radius 1 is 0.976 bits per heavy atom. The van der Waals surface area contributed by atoms with Gasteiger partial charge in [0.2, 0.25) is 0 Å². The Hall–Kier alpha value is -2.48. The van der Waals surface area contributed by atoms with Gasteiger partial charge in [0.15, 0.2) is 11.6 Å². The first-order valence-corrected chi connectivity index (χ1v) is 15.3. The van der Waals surface area contributed by atoms with E-state index in [1.807, 2.05) is 4.90 Å². The minimum absolute atomic E-state index is 0.0208. The van der Waals surface area contributed by atoms with Crippen LogP contribution in [-0.2, 0) is 4.79 Å². The van der Waals surface area contributed by atoms with Gasteiger partial charge >= 0.3 is 6.18 Å². The zero-order valence-corrected chi connectivity index (χ0v) is 25.1. The number of alkyl halides is 3. The predicted octanol–water partition coefficient (Wildman–Crippen LogP) is 6.53. The molecule has 228 valence electrons. The fraction of sp³-hybridized carbons (Fsp3) is 0.533. The SMILES string of the molecule is O=C(NI)[C@@H]1CCCN1C(=O)c1ccc(-c2ccc(OCC3CCN(CC4(C(F)(F)F)CCC4)CC3)c(F)c2)c(F)c1. The van der Waals surface area contributed by atoms with Gasteiger partial charge in [0.1, 0.15) is 11.9 Å². The number of amides is 2. The lowest BCUT2D eigenvalue weighted by atomic mass is 9.67. The third-order valence-electron chi connectivity index (χ3n) is 8.99. The second kappa shape index (κ2) is 12.6. The van der Waals surface area contributed by atoms with Crippen LogP contribution in [-0.4, -0.2) is 66.6 Å². The Kier molecular flexibility index (Phi) is 9.31. The average Bonchev–Trinajstić information content (AvgIpc) is 3.43. The van der Waals surface area contributed by atoms with Gasteiger partial charge in [-0.2, -0.15) is 13.2 Å². The molecule has 1 saturated carbocycles. The van der Waals surface area contributed by atoms with Crippen LogP contribution < -0.4 is 8.27 Å². The number of halogens is 6. The molecular weight excluding hydrogens is 672 g/mol. The van der Waals surface area contributed by atoms with E-state index in [2.05, 4.69) is 3.53 Å². The van der Waals surface area contributed by atoms with Crippen LogP contribution in [0.5, 0.6) is 5.75 Å². The largest absolute Gasteiger partial charge is 0.490 e. The second-order valence-electron chi connectivity index (χ2n) is 11.6. The van der Waals surface area contributed by atoms with Crippen LogP contribution in [0.15, 0.2) is 36.4 Å². The van der Waals surface area contributed by atoms with Crippen LogP contribution in [0.4, 0.5) is 22.0 Å². The lowest BCUT2D eigenvalue weighted by molar-refractivity contribution is -0.256. The highest BCUT2D eigenvalue weighted by Crippen LogP contribution is 2.53. The number of benzene rings is 2. The summed E-state index contributed by atoms with van der Waals surface area (Å²) in [7, 11) is 0. The molecule has 2 aliphatic heterocycles. The molecule has 1 atom stereocenters. The van der Waals surface area contributed by atoms with Crippen molar-refractivity contribution in [3.63, 3.8) is 0 Å². The number of nitrogens with zero attached hydrogens (tertiary/aromatic N) is 2. The Morgan fingerprint density at radius 2 is 1.71 bits per heavy atom. The van der Waals surface area contributed by atoms with Crippen molar-refractivity contribution in [3.8, 4) is 16.9 Å². The molecule has 6 nitrogen and oxygen atoms in total. The van der Waals surface area contributed by atoms with E-state index in [0.29, 0.717) is 51.7 Å². The lowest BCUT2D eigenvalue weighted by Crippen LogP contribution is -2.53. The van der Waals surface area contributed by atoms with Gasteiger partial charge in [0, 0.05) is 24.2 Å². The number of nitrogens with one attached hydrogen (secondary N) is 1. The number of hydrogen-bond donors (Lipinski definition) is 1. The normalized spacial score (nSPS) is 21.2. The van der Waals surface area contributed by atoms with E-state index in [0.717, 1.165) is 6.07 Å². The number of carbonyl (C=O) groups is 2. The van der Waals surface area contributed by atoms with Crippen molar-refractivity contribution in [3.05, 3.63) is 53.6 Å². The minimum atomic E-state index is -4.18. The highest BCUT2D eigenvalue weighted by molar-refractivity contribution is 14.1. The number of likely N-dealkylation sites (tertiary alicyclic amines) is 2. The predicted molar refractivity (Wildman–Crippen MR) is 155 cm³/mol. The fourth-order valence-electron chi connectivity index (χ4n) is 6.26. The monoisotopic (exact) mass is 705 g/mol. The van der Waals surface area contributed by atoms with Crippen LogP contribution in [0.1, 0.15) is 55.3 Å². The molecule has 0 unspecified atom stereocenters. The molecule has 1 aliphatic carbocycles. The van der Waals surface area contributed by atoms with E-state index in [9.17, 15) is 27.2 Å². The third kappa shape index (κ3) is 6.39. The van der Waals surface area contributed by atoms with E-state index < -0.39 is 35.2 Å². The lowest BCUT2D eigenvalue weighted by Gasteiger charge is -2.47. The van der Waals surface area contributed by atoms with Crippen molar-refractivity contribution in [1.29, 1.82) is 0 Å². The molecule has 0 bridgehead atoms. The van der Waals surface area contributed by atoms with Gasteiger partial charge in [-0.05, 0) is 87.4 Å². The quantitative estimate of drug-likeness (QED) is 0.193. The molecule has 0 aromatic heterocycles. The molecule has 12 heteroatoms. The first-order chi connectivity index (χ1) is 20.0. The topological polar surface area (TPSA) is 61.9 Å². The number of rotatable bonds is 8. The van der Waals surface area contributed by atoms with Crippen molar-refractivity contribution in [2.45, 2.75) is 57.2 Å². The van der Waals surface area contributed by atoms with Gasteiger partial charge in [-0.15, -0.1) is 0 Å². The van der Waals surface area contributed by atoms with Crippen molar-refractivity contribution < 1.29 is 36.3 Å². The highest BCUT2D eigenvalue weighted by atomic mass is 127. The molecule has 1 N–H and O–H groups in total. The summed E-state index contributed by atoms with van der Waals surface area (Å²) >= 11 is 1.73. The number of ether oxygens (including phenoxy) is 1. The van der Waals surface area contributed by atoms with Gasteiger partial charge in [0.05, 0.1) is 34.9 Å². The van der Waals surface area contributed by atoms with Gasteiger partial charge in [0.25, 0.3) is 11.8 Å². The molecule has 2 heterocycles. The smallest absolute Gasteiger partial charge is 0.395 e. The van der Waals surface area contributed by atoms with Crippen molar-refractivity contribution in [2.24, 2.45) is 11.3 Å².